The Morgan fingerprint density at radius 2 is 2.28 bits per heavy atom. The molecule has 1 N–H and O–H groups in total. The summed E-state index contributed by atoms with van der Waals surface area (Å²) < 4.78 is 5.07. The lowest BCUT2D eigenvalue weighted by Gasteiger charge is -2.40. The van der Waals surface area contributed by atoms with Gasteiger partial charge in [-0.15, -0.1) is 0 Å². The number of amides is 1. The summed E-state index contributed by atoms with van der Waals surface area (Å²) in [5.74, 6) is -0.875. The summed E-state index contributed by atoms with van der Waals surface area (Å²) in [6, 6.07) is 3.84. The van der Waals surface area contributed by atoms with Crippen LogP contribution in [0.1, 0.15) is 24.8 Å². The molecule has 0 spiro atoms. The van der Waals surface area contributed by atoms with Gasteiger partial charge in [0.05, 0.1) is 12.0 Å². The highest BCUT2D eigenvalue weighted by molar-refractivity contribution is 5.81. The largest absolute Gasteiger partial charge is 0.481 e. The summed E-state index contributed by atoms with van der Waals surface area (Å²) in [6.07, 6.45) is 5.21. The number of nitrogens with zero attached hydrogens (tertiary/aromatic N) is 3. The van der Waals surface area contributed by atoms with E-state index in [9.17, 15) is 14.7 Å². The molecule has 1 aromatic heterocycles. The molecule has 1 amide bonds. The van der Waals surface area contributed by atoms with Crippen LogP contribution >= 0.6 is 0 Å². The fourth-order valence-electron chi connectivity index (χ4n) is 3.32. The minimum absolute atomic E-state index is 0.0332. The maximum Gasteiger partial charge on any atom is 0.311 e. The van der Waals surface area contributed by atoms with Crippen LogP contribution in [0.25, 0.3) is 0 Å². The zero-order chi connectivity index (χ0) is 18.3. The zero-order valence-corrected chi connectivity index (χ0v) is 15.0. The number of carboxylic acids is 1. The topological polar surface area (TPSA) is 83.0 Å². The second-order valence-electron chi connectivity index (χ2n) is 6.78. The van der Waals surface area contributed by atoms with Crippen molar-refractivity contribution < 1.29 is 19.4 Å². The molecule has 0 aliphatic carbocycles. The van der Waals surface area contributed by atoms with Gasteiger partial charge in [0.2, 0.25) is 5.91 Å². The summed E-state index contributed by atoms with van der Waals surface area (Å²) in [6.45, 7) is 2.14. The first-order valence-corrected chi connectivity index (χ1v) is 8.54. The summed E-state index contributed by atoms with van der Waals surface area (Å²) in [5, 5.41) is 9.68. The lowest BCUT2D eigenvalue weighted by atomic mass is 9.77. The van der Waals surface area contributed by atoms with Gasteiger partial charge in [0.1, 0.15) is 0 Å². The van der Waals surface area contributed by atoms with E-state index in [1.54, 1.807) is 24.4 Å². The SMILES string of the molecule is COCC[C@@]1(C(=O)O)CCCN(C(=O)CN(C)Cc2cccnc2)C1. The Morgan fingerprint density at radius 1 is 1.48 bits per heavy atom. The van der Waals surface area contributed by atoms with E-state index in [1.165, 1.54) is 0 Å². The van der Waals surface area contributed by atoms with Crippen molar-refractivity contribution in [3.05, 3.63) is 30.1 Å². The number of likely N-dealkylation sites (tertiary alicyclic amines) is 1. The van der Waals surface area contributed by atoms with Crippen LogP contribution in [0.4, 0.5) is 0 Å². The highest BCUT2D eigenvalue weighted by atomic mass is 16.5. The van der Waals surface area contributed by atoms with Crippen molar-refractivity contribution in [3.8, 4) is 0 Å². The summed E-state index contributed by atoms with van der Waals surface area (Å²) in [5.41, 5.74) is 0.141. The minimum atomic E-state index is -0.897. The van der Waals surface area contributed by atoms with Gasteiger partial charge in [0.25, 0.3) is 0 Å². The number of pyridine rings is 1. The molecule has 25 heavy (non-hydrogen) atoms. The number of likely N-dealkylation sites (N-methyl/N-ethyl adjacent to an activating group) is 1. The molecule has 7 heteroatoms. The third kappa shape index (κ3) is 5.24. The Hall–Kier alpha value is -1.99. The van der Waals surface area contributed by atoms with Crippen molar-refractivity contribution in [3.63, 3.8) is 0 Å². The molecule has 2 heterocycles. The molecule has 0 unspecified atom stereocenters. The molecular formula is C18H27N3O4. The number of aromatic nitrogens is 1. The smallest absolute Gasteiger partial charge is 0.311 e. The molecule has 0 saturated carbocycles. The van der Waals surface area contributed by atoms with Gasteiger partial charge in [-0.25, -0.2) is 0 Å². The number of aliphatic carboxylic acids is 1. The minimum Gasteiger partial charge on any atom is -0.481 e. The predicted molar refractivity (Wildman–Crippen MR) is 92.9 cm³/mol. The quantitative estimate of drug-likeness (QED) is 0.760. The van der Waals surface area contributed by atoms with Crippen LogP contribution in [0, 0.1) is 5.41 Å². The van der Waals surface area contributed by atoms with E-state index < -0.39 is 11.4 Å². The highest BCUT2D eigenvalue weighted by Gasteiger charge is 2.43. The second-order valence-corrected chi connectivity index (χ2v) is 6.78. The summed E-state index contributed by atoms with van der Waals surface area (Å²) in [7, 11) is 3.44. The lowest BCUT2D eigenvalue weighted by molar-refractivity contribution is -0.156. The van der Waals surface area contributed by atoms with E-state index in [0.29, 0.717) is 39.0 Å². The monoisotopic (exact) mass is 349 g/mol. The van der Waals surface area contributed by atoms with E-state index in [4.69, 9.17) is 4.74 Å². The summed E-state index contributed by atoms with van der Waals surface area (Å²) in [4.78, 5) is 32.1. The van der Waals surface area contributed by atoms with E-state index in [-0.39, 0.29) is 19.0 Å². The van der Waals surface area contributed by atoms with Crippen LogP contribution in [-0.4, -0.2) is 72.2 Å². The Balaban J connectivity index is 1.95. The van der Waals surface area contributed by atoms with Crippen LogP contribution in [0.5, 0.6) is 0 Å². The molecular weight excluding hydrogens is 322 g/mol. The van der Waals surface area contributed by atoms with Crippen molar-refractivity contribution >= 4 is 11.9 Å². The van der Waals surface area contributed by atoms with Crippen molar-refractivity contribution in [2.45, 2.75) is 25.8 Å². The molecule has 0 aromatic carbocycles. The Kier molecular flexibility index (Phi) is 6.90. The Bertz CT molecular complexity index is 581. The fourth-order valence-corrected chi connectivity index (χ4v) is 3.32. The zero-order valence-electron chi connectivity index (χ0n) is 15.0. The van der Waals surface area contributed by atoms with Crippen molar-refractivity contribution in [1.29, 1.82) is 0 Å². The molecule has 138 valence electrons. The molecule has 2 rings (SSSR count). The first kappa shape index (κ1) is 19.3. The van der Waals surface area contributed by atoms with Gasteiger partial charge in [0, 0.05) is 45.7 Å². The van der Waals surface area contributed by atoms with Crippen LogP contribution in [-0.2, 0) is 20.9 Å². The predicted octanol–water partition coefficient (Wildman–Crippen LogP) is 1.24. The van der Waals surface area contributed by atoms with Gasteiger partial charge in [-0.3, -0.25) is 19.5 Å². The average molecular weight is 349 g/mol. The fraction of sp³-hybridized carbons (Fsp3) is 0.611. The molecule has 0 bridgehead atoms. The number of rotatable bonds is 8. The molecule has 1 aromatic rings. The highest BCUT2D eigenvalue weighted by Crippen LogP contribution is 2.34. The Labute approximate surface area is 148 Å². The normalized spacial score (nSPS) is 20.7. The number of ether oxygens (including phenoxy) is 1. The van der Waals surface area contributed by atoms with Crippen LogP contribution in [0.3, 0.4) is 0 Å². The number of piperidine rings is 1. The van der Waals surface area contributed by atoms with Crippen molar-refractivity contribution in [1.82, 2.24) is 14.8 Å². The number of carbonyl (C=O) groups excluding carboxylic acids is 1. The maximum atomic E-state index is 12.6. The number of carboxylic acid groups (broad SMARTS) is 1. The number of hydrogen-bond donors (Lipinski definition) is 1. The third-order valence-electron chi connectivity index (χ3n) is 4.75. The molecule has 7 nitrogen and oxygen atoms in total. The van der Waals surface area contributed by atoms with Crippen LogP contribution in [0.2, 0.25) is 0 Å². The Morgan fingerprint density at radius 3 is 2.92 bits per heavy atom. The van der Waals surface area contributed by atoms with Gasteiger partial charge < -0.3 is 14.7 Å². The number of hydrogen-bond acceptors (Lipinski definition) is 5. The van der Waals surface area contributed by atoms with E-state index >= 15 is 0 Å². The molecule has 1 atom stereocenters. The first-order chi connectivity index (χ1) is 12.0. The molecule has 1 aliphatic heterocycles. The van der Waals surface area contributed by atoms with Crippen LogP contribution in [0.15, 0.2) is 24.5 Å². The van der Waals surface area contributed by atoms with Gasteiger partial charge in [-0.2, -0.15) is 0 Å². The molecule has 1 fully saturated rings. The van der Waals surface area contributed by atoms with E-state index in [2.05, 4.69) is 4.98 Å². The van der Waals surface area contributed by atoms with Crippen molar-refractivity contribution in [2.24, 2.45) is 5.41 Å². The number of carbonyl (C=O) groups is 2. The van der Waals surface area contributed by atoms with Gasteiger partial charge in [-0.05, 0) is 37.9 Å². The average Bonchev–Trinajstić information content (AvgIpc) is 2.60. The molecule has 1 saturated heterocycles. The van der Waals surface area contributed by atoms with Crippen LogP contribution < -0.4 is 0 Å². The third-order valence-corrected chi connectivity index (χ3v) is 4.75. The van der Waals surface area contributed by atoms with E-state index in [0.717, 1.165) is 5.56 Å². The molecule has 0 radical (unpaired) electrons. The number of methoxy groups -OCH3 is 1. The van der Waals surface area contributed by atoms with Gasteiger partial charge in [-0.1, -0.05) is 6.07 Å². The standard InChI is InChI=1S/C18H27N3O4/c1-20(12-15-5-3-8-19-11-15)13-16(22)21-9-4-6-18(14-21,17(23)24)7-10-25-2/h3,5,8,11H,4,6-7,9-10,12-14H2,1-2H3,(H,23,24)/t18-/m0/s1. The lowest BCUT2D eigenvalue weighted by Crippen LogP contribution is -2.52. The van der Waals surface area contributed by atoms with Gasteiger partial charge in [0.15, 0.2) is 0 Å². The second kappa shape index (κ2) is 8.92. The summed E-state index contributed by atoms with van der Waals surface area (Å²) >= 11 is 0. The van der Waals surface area contributed by atoms with Crippen molar-refractivity contribution in [2.75, 3.05) is 40.4 Å². The maximum absolute atomic E-state index is 12.6. The van der Waals surface area contributed by atoms with Gasteiger partial charge >= 0.3 is 5.97 Å². The molecule has 1 aliphatic rings. The first-order valence-electron chi connectivity index (χ1n) is 8.54. The van der Waals surface area contributed by atoms with E-state index in [1.807, 2.05) is 24.1 Å².